The highest BCUT2D eigenvalue weighted by atomic mass is 32.2. The predicted molar refractivity (Wildman–Crippen MR) is 102 cm³/mol. The van der Waals surface area contributed by atoms with Gasteiger partial charge in [0.2, 0.25) is 5.91 Å². The molecule has 0 unspecified atom stereocenters. The van der Waals surface area contributed by atoms with Gasteiger partial charge in [-0.2, -0.15) is 0 Å². The molecular formula is C18H27N5OS. The third kappa shape index (κ3) is 6.51. The molecule has 1 aromatic carbocycles. The minimum absolute atomic E-state index is 0.0328. The normalized spacial score (nSPS) is 11.1. The van der Waals surface area contributed by atoms with E-state index in [1.165, 1.54) is 11.1 Å². The van der Waals surface area contributed by atoms with Crippen LogP contribution in [0.15, 0.2) is 29.4 Å². The van der Waals surface area contributed by atoms with E-state index in [9.17, 15) is 4.79 Å². The summed E-state index contributed by atoms with van der Waals surface area (Å²) < 4.78 is 1.95. The lowest BCUT2D eigenvalue weighted by Crippen LogP contribution is -2.24. The highest BCUT2D eigenvalue weighted by Gasteiger charge is 2.10. The summed E-state index contributed by atoms with van der Waals surface area (Å²) in [5.41, 5.74) is 2.41. The second kappa shape index (κ2) is 9.58. The summed E-state index contributed by atoms with van der Waals surface area (Å²) in [6.07, 6.45) is 1.22. The molecule has 1 heterocycles. The molecule has 0 bridgehead atoms. The minimum Gasteiger partial charge on any atom is -0.349 e. The second-order valence-electron chi connectivity index (χ2n) is 6.37. The minimum atomic E-state index is 0.0328. The first-order chi connectivity index (χ1) is 12.0. The van der Waals surface area contributed by atoms with Crippen LogP contribution in [0.25, 0.3) is 0 Å². The lowest BCUT2D eigenvalue weighted by Gasteiger charge is -2.09. The van der Waals surface area contributed by atoms with Gasteiger partial charge in [-0.15, -0.1) is 10.2 Å². The van der Waals surface area contributed by atoms with Crippen LogP contribution in [-0.2, 0) is 24.8 Å². The Kier molecular flexibility index (Phi) is 7.46. The fourth-order valence-electron chi connectivity index (χ4n) is 2.22. The van der Waals surface area contributed by atoms with Crippen LogP contribution in [0.3, 0.4) is 0 Å². The zero-order valence-electron chi connectivity index (χ0n) is 15.5. The Morgan fingerprint density at radius 1 is 1.24 bits per heavy atom. The number of benzene rings is 1. The summed E-state index contributed by atoms with van der Waals surface area (Å²) in [4.78, 5) is 14.2. The SMILES string of the molecule is Cc1ccc(CCC(=O)NCc2nnc(SCCN(C)C)n2C)cc1. The van der Waals surface area contributed by atoms with Crippen molar-refractivity contribution in [2.45, 2.75) is 31.5 Å². The van der Waals surface area contributed by atoms with Crippen molar-refractivity contribution in [1.82, 2.24) is 25.0 Å². The first-order valence-electron chi connectivity index (χ1n) is 8.43. The molecule has 0 aliphatic rings. The Balaban J connectivity index is 1.75. The van der Waals surface area contributed by atoms with E-state index in [0.717, 1.165) is 29.7 Å². The van der Waals surface area contributed by atoms with Crippen molar-refractivity contribution >= 4 is 17.7 Å². The summed E-state index contributed by atoms with van der Waals surface area (Å²) in [6, 6.07) is 8.29. The van der Waals surface area contributed by atoms with Crippen LogP contribution in [0.2, 0.25) is 0 Å². The van der Waals surface area contributed by atoms with E-state index in [1.807, 2.05) is 11.6 Å². The number of rotatable bonds is 9. The Labute approximate surface area is 154 Å². The lowest BCUT2D eigenvalue weighted by atomic mass is 10.1. The van der Waals surface area contributed by atoms with E-state index in [2.05, 4.69) is 65.7 Å². The number of thioether (sulfide) groups is 1. The van der Waals surface area contributed by atoms with Crippen LogP contribution in [0.5, 0.6) is 0 Å². The standard InChI is InChI=1S/C18H27N5OS/c1-14-5-7-15(8-6-14)9-10-17(24)19-13-16-20-21-18(23(16)4)25-12-11-22(2)3/h5-8H,9-13H2,1-4H3,(H,19,24). The van der Waals surface area contributed by atoms with Crippen molar-refractivity contribution in [2.75, 3.05) is 26.4 Å². The van der Waals surface area contributed by atoms with Crippen LogP contribution < -0.4 is 5.32 Å². The topological polar surface area (TPSA) is 63.1 Å². The van der Waals surface area contributed by atoms with Crippen molar-refractivity contribution in [3.63, 3.8) is 0 Å². The molecule has 136 valence electrons. The number of aryl methyl sites for hydroxylation is 2. The number of nitrogens with zero attached hydrogens (tertiary/aromatic N) is 4. The lowest BCUT2D eigenvalue weighted by molar-refractivity contribution is -0.121. The van der Waals surface area contributed by atoms with Crippen LogP contribution in [0, 0.1) is 6.92 Å². The Bertz CT molecular complexity index is 681. The van der Waals surface area contributed by atoms with Crippen molar-refractivity contribution in [3.05, 3.63) is 41.2 Å². The highest BCUT2D eigenvalue weighted by Crippen LogP contribution is 2.15. The largest absolute Gasteiger partial charge is 0.349 e. The maximum absolute atomic E-state index is 12.0. The van der Waals surface area contributed by atoms with E-state index in [-0.39, 0.29) is 5.91 Å². The zero-order valence-corrected chi connectivity index (χ0v) is 16.3. The average Bonchev–Trinajstić information content (AvgIpc) is 2.92. The predicted octanol–water partition coefficient (Wildman–Crippen LogP) is 2.03. The molecule has 0 saturated carbocycles. The monoisotopic (exact) mass is 361 g/mol. The number of nitrogens with one attached hydrogen (secondary N) is 1. The Morgan fingerprint density at radius 3 is 2.64 bits per heavy atom. The van der Waals surface area contributed by atoms with Gasteiger partial charge in [0, 0.05) is 25.8 Å². The fraction of sp³-hybridized carbons (Fsp3) is 0.500. The molecular weight excluding hydrogens is 334 g/mol. The molecule has 0 aliphatic carbocycles. The number of carbonyl (C=O) groups excluding carboxylic acids is 1. The molecule has 25 heavy (non-hydrogen) atoms. The van der Waals surface area contributed by atoms with Gasteiger partial charge >= 0.3 is 0 Å². The molecule has 0 saturated heterocycles. The number of aromatic nitrogens is 3. The molecule has 0 spiro atoms. The molecule has 6 nitrogen and oxygen atoms in total. The maximum Gasteiger partial charge on any atom is 0.220 e. The Hall–Kier alpha value is -1.86. The molecule has 7 heteroatoms. The molecule has 0 aliphatic heterocycles. The first-order valence-corrected chi connectivity index (χ1v) is 9.42. The number of carbonyl (C=O) groups is 1. The van der Waals surface area contributed by atoms with Crippen LogP contribution >= 0.6 is 11.8 Å². The number of amides is 1. The molecule has 1 N–H and O–H groups in total. The van der Waals surface area contributed by atoms with Gasteiger partial charge < -0.3 is 14.8 Å². The van der Waals surface area contributed by atoms with Gasteiger partial charge in [-0.1, -0.05) is 41.6 Å². The van der Waals surface area contributed by atoms with Crippen molar-refractivity contribution in [1.29, 1.82) is 0 Å². The van der Waals surface area contributed by atoms with E-state index in [1.54, 1.807) is 11.8 Å². The molecule has 0 radical (unpaired) electrons. The summed E-state index contributed by atoms with van der Waals surface area (Å²) >= 11 is 1.67. The van der Waals surface area contributed by atoms with Gasteiger partial charge in [0.1, 0.15) is 0 Å². The van der Waals surface area contributed by atoms with Crippen molar-refractivity contribution in [3.8, 4) is 0 Å². The summed E-state index contributed by atoms with van der Waals surface area (Å²) in [7, 11) is 6.04. The maximum atomic E-state index is 12.0. The van der Waals surface area contributed by atoms with Gasteiger partial charge in [0.15, 0.2) is 11.0 Å². The molecule has 0 atom stereocenters. The molecule has 2 rings (SSSR count). The van der Waals surface area contributed by atoms with Gasteiger partial charge in [-0.25, -0.2) is 0 Å². The van der Waals surface area contributed by atoms with Crippen LogP contribution in [-0.4, -0.2) is 52.0 Å². The third-order valence-corrected chi connectivity index (χ3v) is 4.90. The van der Waals surface area contributed by atoms with Crippen LogP contribution in [0.4, 0.5) is 0 Å². The van der Waals surface area contributed by atoms with E-state index in [4.69, 9.17) is 0 Å². The van der Waals surface area contributed by atoms with E-state index >= 15 is 0 Å². The third-order valence-electron chi connectivity index (χ3n) is 3.90. The second-order valence-corrected chi connectivity index (χ2v) is 7.43. The van der Waals surface area contributed by atoms with Gasteiger partial charge in [0.05, 0.1) is 6.54 Å². The summed E-state index contributed by atoms with van der Waals surface area (Å²) in [5.74, 6) is 1.77. The Morgan fingerprint density at radius 2 is 1.96 bits per heavy atom. The van der Waals surface area contributed by atoms with E-state index < -0.39 is 0 Å². The van der Waals surface area contributed by atoms with E-state index in [0.29, 0.717) is 13.0 Å². The number of hydrogen-bond acceptors (Lipinski definition) is 5. The highest BCUT2D eigenvalue weighted by molar-refractivity contribution is 7.99. The summed E-state index contributed by atoms with van der Waals surface area (Å²) in [6.45, 7) is 3.46. The fourth-order valence-corrected chi connectivity index (χ4v) is 3.26. The van der Waals surface area contributed by atoms with Gasteiger partial charge in [0.25, 0.3) is 0 Å². The average molecular weight is 362 g/mol. The van der Waals surface area contributed by atoms with Crippen molar-refractivity contribution in [2.24, 2.45) is 7.05 Å². The molecule has 1 aromatic heterocycles. The zero-order chi connectivity index (χ0) is 18.2. The van der Waals surface area contributed by atoms with Crippen molar-refractivity contribution < 1.29 is 4.79 Å². The molecule has 2 aromatic rings. The molecule has 1 amide bonds. The number of hydrogen-bond donors (Lipinski definition) is 1. The quantitative estimate of drug-likeness (QED) is 0.693. The van der Waals surface area contributed by atoms with Gasteiger partial charge in [-0.05, 0) is 33.0 Å². The molecule has 0 fully saturated rings. The smallest absolute Gasteiger partial charge is 0.220 e. The van der Waals surface area contributed by atoms with Crippen LogP contribution in [0.1, 0.15) is 23.4 Å². The van der Waals surface area contributed by atoms with Gasteiger partial charge in [-0.3, -0.25) is 4.79 Å². The summed E-state index contributed by atoms with van der Waals surface area (Å²) in [5, 5.41) is 12.2. The first kappa shape index (κ1) is 19.5.